The fourth-order valence-electron chi connectivity index (χ4n) is 1.49. The topological polar surface area (TPSA) is 60.1 Å². The Morgan fingerprint density at radius 2 is 1.88 bits per heavy atom. The molecule has 6 nitrogen and oxygen atoms in total. The number of aromatic nitrogens is 3. The highest BCUT2D eigenvalue weighted by Gasteiger charge is 2.12. The van der Waals surface area contributed by atoms with Gasteiger partial charge >= 0.3 is 11.4 Å². The summed E-state index contributed by atoms with van der Waals surface area (Å²) in [5.41, 5.74) is -0.807. The minimum absolute atomic E-state index is 0.234. The number of hydrogen-bond donors (Lipinski definition) is 0. The molecule has 0 aliphatic rings. The van der Waals surface area contributed by atoms with Gasteiger partial charge in [0.05, 0.1) is 0 Å². The van der Waals surface area contributed by atoms with E-state index in [0.717, 1.165) is 4.57 Å². The Bertz CT molecular complexity index is 485. The Kier molecular flexibility index (Phi) is 3.51. The van der Waals surface area contributed by atoms with Crippen molar-refractivity contribution < 1.29 is 0 Å². The van der Waals surface area contributed by atoms with Crippen LogP contribution in [0.15, 0.2) is 9.59 Å². The first kappa shape index (κ1) is 12.5. The summed E-state index contributed by atoms with van der Waals surface area (Å²) in [4.78, 5) is 29.1. The third-order valence-corrected chi connectivity index (χ3v) is 2.19. The van der Waals surface area contributed by atoms with Gasteiger partial charge in [-0.3, -0.25) is 4.57 Å². The van der Waals surface area contributed by atoms with Gasteiger partial charge in [-0.05, 0) is 5.92 Å². The molecule has 0 saturated heterocycles. The van der Waals surface area contributed by atoms with Gasteiger partial charge < -0.3 is 4.90 Å². The zero-order valence-electron chi connectivity index (χ0n) is 10.4. The minimum Gasteiger partial charge on any atom is -0.348 e. The van der Waals surface area contributed by atoms with Crippen molar-refractivity contribution in [1.29, 1.82) is 0 Å². The van der Waals surface area contributed by atoms with Gasteiger partial charge in [-0.25, -0.2) is 14.2 Å². The van der Waals surface area contributed by atoms with Crippen LogP contribution >= 0.6 is 0 Å². The van der Waals surface area contributed by atoms with Gasteiger partial charge in [0.2, 0.25) is 5.95 Å². The summed E-state index contributed by atoms with van der Waals surface area (Å²) < 4.78 is 2.54. The fraction of sp³-hybridized carbons (Fsp3) is 0.700. The quantitative estimate of drug-likeness (QED) is 0.707. The zero-order chi connectivity index (χ0) is 12.5. The number of nitrogens with zero attached hydrogens (tertiary/aromatic N) is 4. The maximum Gasteiger partial charge on any atom is 0.354 e. The van der Waals surface area contributed by atoms with E-state index in [4.69, 9.17) is 0 Å². The average Bonchev–Trinajstić information content (AvgIpc) is 2.17. The number of rotatable bonds is 3. The second-order valence-electron chi connectivity index (χ2n) is 4.43. The molecule has 1 aromatic rings. The molecule has 0 aliphatic heterocycles. The van der Waals surface area contributed by atoms with Gasteiger partial charge in [0.25, 0.3) is 0 Å². The third kappa shape index (κ3) is 2.32. The SMILES string of the molecule is CC(C)Cn1c(=O)nc(N(C)C)n(C)c1=O. The first-order valence-electron chi connectivity index (χ1n) is 5.19. The minimum atomic E-state index is -0.486. The molecule has 1 heterocycles. The summed E-state index contributed by atoms with van der Waals surface area (Å²) in [6, 6.07) is 0. The molecule has 0 fully saturated rings. The second-order valence-corrected chi connectivity index (χ2v) is 4.43. The molecule has 0 aromatic carbocycles. The van der Waals surface area contributed by atoms with E-state index < -0.39 is 5.69 Å². The van der Waals surface area contributed by atoms with Gasteiger partial charge in [-0.2, -0.15) is 4.98 Å². The van der Waals surface area contributed by atoms with Crippen molar-refractivity contribution in [3.8, 4) is 0 Å². The summed E-state index contributed by atoms with van der Waals surface area (Å²) in [6.07, 6.45) is 0. The van der Waals surface area contributed by atoms with E-state index in [0.29, 0.717) is 12.5 Å². The molecule has 0 spiro atoms. The van der Waals surface area contributed by atoms with Crippen LogP contribution < -0.4 is 16.3 Å². The first-order valence-corrected chi connectivity index (χ1v) is 5.19. The normalized spacial score (nSPS) is 10.9. The van der Waals surface area contributed by atoms with Crippen LogP contribution in [-0.4, -0.2) is 28.2 Å². The molecule has 1 rings (SSSR count). The van der Waals surface area contributed by atoms with Crippen molar-refractivity contribution in [2.75, 3.05) is 19.0 Å². The molecule has 0 bridgehead atoms. The second kappa shape index (κ2) is 4.51. The van der Waals surface area contributed by atoms with Crippen LogP contribution in [0.3, 0.4) is 0 Å². The molecule has 1 aromatic heterocycles. The lowest BCUT2D eigenvalue weighted by molar-refractivity contribution is 0.467. The van der Waals surface area contributed by atoms with E-state index in [-0.39, 0.29) is 11.6 Å². The highest BCUT2D eigenvalue weighted by molar-refractivity contribution is 5.25. The Balaban J connectivity index is 3.41. The van der Waals surface area contributed by atoms with Crippen molar-refractivity contribution in [2.45, 2.75) is 20.4 Å². The predicted octanol–water partition coefficient (Wildman–Crippen LogP) is -0.336. The molecular weight excluding hydrogens is 208 g/mol. The fourth-order valence-corrected chi connectivity index (χ4v) is 1.49. The molecular formula is C10H18N4O2. The molecule has 0 radical (unpaired) electrons. The van der Waals surface area contributed by atoms with Crippen molar-refractivity contribution in [1.82, 2.24) is 14.1 Å². The van der Waals surface area contributed by atoms with Crippen LogP contribution in [0.5, 0.6) is 0 Å². The molecule has 90 valence electrons. The average molecular weight is 226 g/mol. The lowest BCUT2D eigenvalue weighted by Gasteiger charge is -2.16. The highest BCUT2D eigenvalue weighted by atomic mass is 16.2. The maximum atomic E-state index is 11.9. The van der Waals surface area contributed by atoms with Crippen LogP contribution in [0.2, 0.25) is 0 Å². The molecule has 0 atom stereocenters. The third-order valence-electron chi connectivity index (χ3n) is 2.19. The summed E-state index contributed by atoms with van der Waals surface area (Å²) in [7, 11) is 5.10. The van der Waals surface area contributed by atoms with Crippen molar-refractivity contribution in [3.05, 3.63) is 21.0 Å². The Morgan fingerprint density at radius 3 is 2.31 bits per heavy atom. The smallest absolute Gasteiger partial charge is 0.348 e. The van der Waals surface area contributed by atoms with Gasteiger partial charge in [-0.15, -0.1) is 0 Å². The largest absolute Gasteiger partial charge is 0.354 e. The van der Waals surface area contributed by atoms with Crippen LogP contribution in [0, 0.1) is 5.92 Å². The summed E-state index contributed by atoms with van der Waals surface area (Å²) in [5, 5.41) is 0. The highest BCUT2D eigenvalue weighted by Crippen LogP contribution is 1.99. The van der Waals surface area contributed by atoms with Gasteiger partial charge in [-0.1, -0.05) is 13.8 Å². The van der Waals surface area contributed by atoms with Gasteiger partial charge in [0.1, 0.15) is 0 Å². The van der Waals surface area contributed by atoms with Crippen LogP contribution in [-0.2, 0) is 13.6 Å². The standard InChI is InChI=1S/C10H18N4O2/c1-7(2)6-14-9(15)11-8(12(3)4)13(5)10(14)16/h7H,6H2,1-5H3. The molecule has 6 heteroatoms. The Labute approximate surface area is 94.1 Å². The molecule has 0 aliphatic carbocycles. The van der Waals surface area contributed by atoms with E-state index >= 15 is 0 Å². The van der Waals surface area contributed by atoms with Crippen molar-refractivity contribution in [2.24, 2.45) is 13.0 Å². The van der Waals surface area contributed by atoms with E-state index in [2.05, 4.69) is 4.98 Å². The summed E-state index contributed by atoms with van der Waals surface area (Å²) >= 11 is 0. The molecule has 0 N–H and O–H groups in total. The summed E-state index contributed by atoms with van der Waals surface area (Å²) in [5.74, 6) is 0.604. The van der Waals surface area contributed by atoms with Gasteiger partial charge in [0, 0.05) is 27.7 Å². The zero-order valence-corrected chi connectivity index (χ0v) is 10.4. The Morgan fingerprint density at radius 1 is 1.31 bits per heavy atom. The van der Waals surface area contributed by atoms with Crippen LogP contribution in [0.1, 0.15) is 13.8 Å². The summed E-state index contributed by atoms with van der Waals surface area (Å²) in [6.45, 7) is 4.30. The molecule has 16 heavy (non-hydrogen) atoms. The Hall–Kier alpha value is -1.59. The van der Waals surface area contributed by atoms with Crippen LogP contribution in [0.4, 0.5) is 5.95 Å². The number of anilines is 1. The maximum absolute atomic E-state index is 11.9. The monoisotopic (exact) mass is 226 g/mol. The van der Waals surface area contributed by atoms with Crippen molar-refractivity contribution >= 4 is 5.95 Å². The molecule has 0 amide bonds. The number of hydrogen-bond acceptors (Lipinski definition) is 4. The van der Waals surface area contributed by atoms with E-state index in [1.54, 1.807) is 26.0 Å². The van der Waals surface area contributed by atoms with Crippen LogP contribution in [0.25, 0.3) is 0 Å². The lowest BCUT2D eigenvalue weighted by atomic mass is 10.2. The van der Waals surface area contributed by atoms with E-state index in [1.165, 1.54) is 4.57 Å². The van der Waals surface area contributed by atoms with E-state index in [1.807, 2.05) is 13.8 Å². The van der Waals surface area contributed by atoms with Crippen molar-refractivity contribution in [3.63, 3.8) is 0 Å². The lowest BCUT2D eigenvalue weighted by Crippen LogP contribution is -2.43. The van der Waals surface area contributed by atoms with E-state index in [9.17, 15) is 9.59 Å². The predicted molar refractivity (Wildman–Crippen MR) is 62.9 cm³/mol. The first-order chi connectivity index (χ1) is 7.34. The molecule has 0 unspecified atom stereocenters. The molecule has 0 saturated carbocycles. The van der Waals surface area contributed by atoms with Gasteiger partial charge in [0.15, 0.2) is 0 Å².